The van der Waals surface area contributed by atoms with Crippen molar-refractivity contribution < 1.29 is 28.2 Å². The Morgan fingerprint density at radius 1 is 1.00 bits per heavy atom. The van der Waals surface area contributed by atoms with E-state index in [9.17, 15) is 13.6 Å². The van der Waals surface area contributed by atoms with Crippen LogP contribution in [0.4, 0.5) is 14.5 Å². The molecular formula is C30H35F2NO4. The van der Waals surface area contributed by atoms with Gasteiger partial charge in [-0.2, -0.15) is 0 Å². The molecule has 0 fully saturated rings. The second kappa shape index (κ2) is 13.1. The quantitative estimate of drug-likeness (QED) is 0.264. The standard InChI is InChI=1S/C30H35F2NO4/c1-5-21-18-26(13-8-22(21)10-15-29(34)35)36-17-16-20(2)37-28-14-9-24(30(31)32)19-27(28)23-6-11-25(12-7-23)33(3)4/h6-9,11-14,18-20,30H,5,10,15-17H2,1-4H3,(H,34,35)/t20-/m1/s1. The topological polar surface area (TPSA) is 59.0 Å². The summed E-state index contributed by atoms with van der Waals surface area (Å²) < 4.78 is 39.0. The van der Waals surface area contributed by atoms with E-state index < -0.39 is 12.4 Å². The van der Waals surface area contributed by atoms with Gasteiger partial charge in [0.1, 0.15) is 11.5 Å². The summed E-state index contributed by atoms with van der Waals surface area (Å²) in [6.45, 7) is 4.38. The second-order valence-corrected chi connectivity index (χ2v) is 9.24. The predicted molar refractivity (Wildman–Crippen MR) is 143 cm³/mol. The van der Waals surface area contributed by atoms with Gasteiger partial charge in [-0.15, -0.1) is 0 Å². The van der Waals surface area contributed by atoms with E-state index in [0.717, 1.165) is 34.5 Å². The number of rotatable bonds is 13. The number of anilines is 1. The van der Waals surface area contributed by atoms with Crippen molar-refractivity contribution >= 4 is 11.7 Å². The molecule has 0 aliphatic carbocycles. The summed E-state index contributed by atoms with van der Waals surface area (Å²) in [6.07, 6.45) is -0.798. The zero-order valence-electron chi connectivity index (χ0n) is 21.8. The van der Waals surface area contributed by atoms with Gasteiger partial charge in [0.2, 0.25) is 0 Å². The molecule has 3 rings (SSSR count). The molecule has 0 spiro atoms. The average Bonchev–Trinajstić information content (AvgIpc) is 2.87. The number of alkyl halides is 2. The summed E-state index contributed by atoms with van der Waals surface area (Å²) in [5.41, 5.74) is 4.50. The number of carboxylic acid groups (broad SMARTS) is 1. The van der Waals surface area contributed by atoms with Gasteiger partial charge in [0.25, 0.3) is 6.43 Å². The molecule has 198 valence electrons. The van der Waals surface area contributed by atoms with Crippen LogP contribution in [0.25, 0.3) is 11.1 Å². The van der Waals surface area contributed by atoms with Crippen LogP contribution in [0.2, 0.25) is 0 Å². The van der Waals surface area contributed by atoms with Crippen molar-refractivity contribution in [2.75, 3.05) is 25.6 Å². The molecule has 0 radical (unpaired) electrons. The SMILES string of the molecule is CCc1cc(OCC[C@@H](C)Oc2ccc(C(F)F)cc2-c2ccc(N(C)C)cc2)ccc1CCC(=O)O. The van der Waals surface area contributed by atoms with Crippen molar-refractivity contribution in [3.05, 3.63) is 77.4 Å². The number of carbonyl (C=O) groups is 1. The van der Waals surface area contributed by atoms with E-state index in [-0.39, 0.29) is 18.1 Å². The van der Waals surface area contributed by atoms with E-state index in [1.165, 1.54) is 12.1 Å². The van der Waals surface area contributed by atoms with Gasteiger partial charge in [0.05, 0.1) is 12.7 Å². The fourth-order valence-corrected chi connectivity index (χ4v) is 4.08. The molecule has 1 N–H and O–H groups in total. The Balaban J connectivity index is 1.66. The minimum absolute atomic E-state index is 0.0476. The van der Waals surface area contributed by atoms with Gasteiger partial charge < -0.3 is 19.5 Å². The van der Waals surface area contributed by atoms with Gasteiger partial charge in [-0.1, -0.05) is 25.1 Å². The monoisotopic (exact) mass is 511 g/mol. The number of carboxylic acids is 1. The summed E-state index contributed by atoms with van der Waals surface area (Å²) in [5.74, 6) is 0.464. The molecule has 0 unspecified atom stereocenters. The summed E-state index contributed by atoms with van der Waals surface area (Å²) in [4.78, 5) is 12.9. The van der Waals surface area contributed by atoms with Gasteiger partial charge in [0, 0.05) is 43.8 Å². The third-order valence-electron chi connectivity index (χ3n) is 6.24. The lowest BCUT2D eigenvalue weighted by molar-refractivity contribution is -0.136. The number of aryl methyl sites for hydroxylation is 2. The minimum Gasteiger partial charge on any atom is -0.493 e. The number of hydrogen-bond donors (Lipinski definition) is 1. The van der Waals surface area contributed by atoms with Crippen LogP contribution < -0.4 is 14.4 Å². The van der Waals surface area contributed by atoms with E-state index in [1.807, 2.05) is 75.3 Å². The summed E-state index contributed by atoms with van der Waals surface area (Å²) in [6, 6.07) is 18.0. The maximum Gasteiger partial charge on any atom is 0.303 e. The first-order valence-electron chi connectivity index (χ1n) is 12.5. The van der Waals surface area contributed by atoms with Gasteiger partial charge in [-0.25, -0.2) is 8.78 Å². The normalized spacial score (nSPS) is 11.9. The van der Waals surface area contributed by atoms with Crippen LogP contribution in [0.5, 0.6) is 11.5 Å². The highest BCUT2D eigenvalue weighted by molar-refractivity contribution is 5.73. The van der Waals surface area contributed by atoms with Gasteiger partial charge in [-0.05, 0) is 78.9 Å². The molecule has 0 heterocycles. The minimum atomic E-state index is -2.57. The highest BCUT2D eigenvalue weighted by Gasteiger charge is 2.16. The number of aliphatic carboxylic acids is 1. The summed E-state index contributed by atoms with van der Waals surface area (Å²) in [7, 11) is 3.89. The Morgan fingerprint density at radius 2 is 1.73 bits per heavy atom. The van der Waals surface area contributed by atoms with Gasteiger partial charge in [-0.3, -0.25) is 4.79 Å². The van der Waals surface area contributed by atoms with Crippen LogP contribution in [0.15, 0.2) is 60.7 Å². The smallest absolute Gasteiger partial charge is 0.303 e. The van der Waals surface area contributed by atoms with Crippen molar-refractivity contribution in [2.45, 2.75) is 52.1 Å². The number of benzene rings is 3. The molecule has 37 heavy (non-hydrogen) atoms. The number of nitrogens with zero attached hydrogens (tertiary/aromatic N) is 1. The zero-order chi connectivity index (χ0) is 26.9. The molecule has 0 saturated carbocycles. The Morgan fingerprint density at radius 3 is 2.35 bits per heavy atom. The molecule has 0 amide bonds. The molecule has 7 heteroatoms. The number of hydrogen-bond acceptors (Lipinski definition) is 4. The van der Waals surface area contributed by atoms with Crippen molar-refractivity contribution in [3.8, 4) is 22.6 Å². The fourth-order valence-electron chi connectivity index (χ4n) is 4.08. The van der Waals surface area contributed by atoms with Gasteiger partial charge >= 0.3 is 5.97 Å². The first-order valence-corrected chi connectivity index (χ1v) is 12.5. The molecule has 5 nitrogen and oxygen atoms in total. The van der Waals surface area contributed by atoms with Crippen LogP contribution in [0.3, 0.4) is 0 Å². The Labute approximate surface area is 217 Å². The molecule has 0 bridgehead atoms. The Hall–Kier alpha value is -3.61. The maximum atomic E-state index is 13.4. The van der Waals surface area contributed by atoms with Crippen molar-refractivity contribution in [1.29, 1.82) is 0 Å². The predicted octanol–water partition coefficient (Wildman–Crippen LogP) is 7.17. The zero-order valence-corrected chi connectivity index (χ0v) is 21.8. The molecular weight excluding hydrogens is 476 g/mol. The van der Waals surface area contributed by atoms with E-state index in [1.54, 1.807) is 6.07 Å². The Bertz CT molecular complexity index is 1180. The first kappa shape index (κ1) is 28.0. The van der Waals surface area contributed by atoms with Crippen LogP contribution in [0.1, 0.15) is 49.8 Å². The van der Waals surface area contributed by atoms with Crippen molar-refractivity contribution in [2.24, 2.45) is 0 Å². The highest BCUT2D eigenvalue weighted by Crippen LogP contribution is 2.35. The molecule has 0 aromatic heterocycles. The number of ether oxygens (including phenoxy) is 2. The van der Waals surface area contributed by atoms with Crippen LogP contribution in [-0.2, 0) is 17.6 Å². The molecule has 3 aromatic rings. The molecule has 1 atom stereocenters. The van der Waals surface area contributed by atoms with Crippen LogP contribution >= 0.6 is 0 Å². The van der Waals surface area contributed by atoms with E-state index in [0.29, 0.717) is 30.8 Å². The van der Waals surface area contributed by atoms with Crippen LogP contribution in [0, 0.1) is 0 Å². The Kier molecular flexibility index (Phi) is 9.89. The lowest BCUT2D eigenvalue weighted by Crippen LogP contribution is -2.16. The lowest BCUT2D eigenvalue weighted by Gasteiger charge is -2.20. The van der Waals surface area contributed by atoms with Crippen LogP contribution in [-0.4, -0.2) is 37.9 Å². The maximum absolute atomic E-state index is 13.4. The highest BCUT2D eigenvalue weighted by atomic mass is 19.3. The van der Waals surface area contributed by atoms with E-state index in [2.05, 4.69) is 0 Å². The first-order chi connectivity index (χ1) is 17.7. The summed E-state index contributed by atoms with van der Waals surface area (Å²) in [5, 5.41) is 8.95. The largest absolute Gasteiger partial charge is 0.493 e. The molecule has 0 aliphatic heterocycles. The molecule has 0 saturated heterocycles. The lowest BCUT2D eigenvalue weighted by atomic mass is 10.0. The van der Waals surface area contributed by atoms with E-state index in [4.69, 9.17) is 14.6 Å². The van der Waals surface area contributed by atoms with E-state index >= 15 is 0 Å². The molecule has 0 aliphatic rings. The summed E-state index contributed by atoms with van der Waals surface area (Å²) >= 11 is 0. The van der Waals surface area contributed by atoms with Gasteiger partial charge in [0.15, 0.2) is 0 Å². The second-order valence-electron chi connectivity index (χ2n) is 9.24. The average molecular weight is 512 g/mol. The fraction of sp³-hybridized carbons (Fsp3) is 0.367. The van der Waals surface area contributed by atoms with Crippen molar-refractivity contribution in [1.82, 2.24) is 0 Å². The van der Waals surface area contributed by atoms with Crippen molar-refractivity contribution in [3.63, 3.8) is 0 Å². The third-order valence-corrected chi connectivity index (χ3v) is 6.24. The molecule has 3 aromatic carbocycles. The third kappa shape index (κ3) is 7.94. The number of halogens is 2.